The van der Waals surface area contributed by atoms with Gasteiger partial charge in [0.15, 0.2) is 0 Å². The number of hydrogen-bond acceptors (Lipinski definition) is 3. The highest BCUT2D eigenvalue weighted by Crippen LogP contribution is 2.08. The summed E-state index contributed by atoms with van der Waals surface area (Å²) >= 11 is 0. The van der Waals surface area contributed by atoms with Crippen LogP contribution in [0.2, 0.25) is 0 Å². The smallest absolute Gasteiger partial charge is 0.450 e. The minimum absolute atomic E-state index is 0.602. The molecule has 1 unspecified atom stereocenters. The molecule has 0 fully saturated rings. The molecule has 0 aromatic rings. The van der Waals surface area contributed by atoms with Gasteiger partial charge in [0.05, 0.1) is 0 Å². The Labute approximate surface area is 78.8 Å². The van der Waals surface area contributed by atoms with E-state index in [9.17, 15) is 4.79 Å². The van der Waals surface area contributed by atoms with Crippen molar-refractivity contribution in [3.8, 4) is 0 Å². The second kappa shape index (κ2) is 7.86. The van der Waals surface area contributed by atoms with E-state index in [2.05, 4.69) is 11.7 Å². The third kappa shape index (κ3) is 7.59. The van der Waals surface area contributed by atoms with Crippen LogP contribution >= 0.6 is 0 Å². The topological polar surface area (TPSA) is 55.8 Å². The van der Waals surface area contributed by atoms with Gasteiger partial charge >= 0.3 is 6.16 Å². The fraction of sp³-hybridized carbons (Fsp3) is 0.889. The standard InChI is InChI=1S/C9H18O4/c1-3-4-5-6-7-8(12-2)13-9(10)11/h8H,3-7H2,1-2H3,(H,10,11). The number of ether oxygens (including phenoxy) is 2. The van der Waals surface area contributed by atoms with E-state index in [1.165, 1.54) is 13.5 Å². The van der Waals surface area contributed by atoms with E-state index in [-0.39, 0.29) is 0 Å². The van der Waals surface area contributed by atoms with E-state index in [1.807, 2.05) is 0 Å². The number of rotatable bonds is 7. The minimum Gasteiger partial charge on any atom is -0.450 e. The molecule has 0 saturated carbocycles. The molecule has 13 heavy (non-hydrogen) atoms. The summed E-state index contributed by atoms with van der Waals surface area (Å²) in [6.45, 7) is 2.13. The monoisotopic (exact) mass is 190 g/mol. The summed E-state index contributed by atoms with van der Waals surface area (Å²) in [5.74, 6) is 0. The Hall–Kier alpha value is -0.770. The molecule has 0 aromatic carbocycles. The van der Waals surface area contributed by atoms with Gasteiger partial charge in [-0.25, -0.2) is 4.79 Å². The van der Waals surface area contributed by atoms with E-state index in [0.717, 1.165) is 19.3 Å². The average molecular weight is 190 g/mol. The Morgan fingerprint density at radius 2 is 2.08 bits per heavy atom. The molecule has 0 spiro atoms. The zero-order chi connectivity index (χ0) is 10.1. The molecule has 0 bridgehead atoms. The second-order valence-electron chi connectivity index (χ2n) is 2.90. The Kier molecular flexibility index (Phi) is 7.39. The summed E-state index contributed by atoms with van der Waals surface area (Å²) in [4.78, 5) is 10.2. The van der Waals surface area contributed by atoms with Crippen LogP contribution in [-0.2, 0) is 9.47 Å². The summed E-state index contributed by atoms with van der Waals surface area (Å²) in [5, 5.41) is 8.32. The zero-order valence-corrected chi connectivity index (χ0v) is 8.28. The molecule has 0 aliphatic carbocycles. The molecule has 0 heterocycles. The van der Waals surface area contributed by atoms with Crippen LogP contribution in [0.3, 0.4) is 0 Å². The highest BCUT2D eigenvalue weighted by molar-refractivity contribution is 5.56. The van der Waals surface area contributed by atoms with Gasteiger partial charge < -0.3 is 14.6 Å². The fourth-order valence-electron chi connectivity index (χ4n) is 1.08. The quantitative estimate of drug-likeness (QED) is 0.381. The Balaban J connectivity index is 3.42. The van der Waals surface area contributed by atoms with Crippen molar-refractivity contribution in [3.05, 3.63) is 0 Å². The zero-order valence-electron chi connectivity index (χ0n) is 8.28. The summed E-state index contributed by atoms with van der Waals surface area (Å²) in [5.41, 5.74) is 0. The molecule has 0 aliphatic rings. The van der Waals surface area contributed by atoms with Crippen LogP contribution in [0.5, 0.6) is 0 Å². The normalized spacial score (nSPS) is 12.5. The van der Waals surface area contributed by atoms with Gasteiger partial charge in [-0.15, -0.1) is 0 Å². The summed E-state index contributed by atoms with van der Waals surface area (Å²) in [7, 11) is 1.45. The predicted octanol–water partition coefficient (Wildman–Crippen LogP) is 2.62. The number of carboxylic acid groups (broad SMARTS) is 1. The first-order valence-corrected chi connectivity index (χ1v) is 4.63. The lowest BCUT2D eigenvalue weighted by atomic mass is 10.1. The fourth-order valence-corrected chi connectivity index (χ4v) is 1.08. The molecule has 1 atom stereocenters. The van der Waals surface area contributed by atoms with Gasteiger partial charge in [-0.3, -0.25) is 0 Å². The first-order chi connectivity index (χ1) is 6.20. The van der Waals surface area contributed by atoms with Crippen molar-refractivity contribution in [3.63, 3.8) is 0 Å². The molecule has 0 radical (unpaired) electrons. The van der Waals surface area contributed by atoms with Crippen LogP contribution in [0.25, 0.3) is 0 Å². The van der Waals surface area contributed by atoms with Crippen molar-refractivity contribution in [2.75, 3.05) is 7.11 Å². The van der Waals surface area contributed by atoms with Crippen LogP contribution in [0.1, 0.15) is 39.0 Å². The molecule has 0 rings (SSSR count). The Morgan fingerprint density at radius 3 is 2.54 bits per heavy atom. The second-order valence-corrected chi connectivity index (χ2v) is 2.90. The van der Waals surface area contributed by atoms with Crippen molar-refractivity contribution in [2.45, 2.75) is 45.3 Å². The predicted molar refractivity (Wildman–Crippen MR) is 48.7 cm³/mol. The van der Waals surface area contributed by atoms with Gasteiger partial charge in [-0.1, -0.05) is 26.2 Å². The van der Waals surface area contributed by atoms with Crippen molar-refractivity contribution in [2.24, 2.45) is 0 Å². The summed E-state index contributed by atoms with van der Waals surface area (Å²) in [6.07, 6.45) is 3.14. The van der Waals surface area contributed by atoms with E-state index in [0.29, 0.717) is 6.42 Å². The van der Waals surface area contributed by atoms with Crippen molar-refractivity contribution in [1.82, 2.24) is 0 Å². The van der Waals surface area contributed by atoms with Crippen LogP contribution in [0.15, 0.2) is 0 Å². The van der Waals surface area contributed by atoms with Gasteiger partial charge in [-0.2, -0.15) is 0 Å². The molecule has 4 nitrogen and oxygen atoms in total. The van der Waals surface area contributed by atoms with Gasteiger partial charge in [0.2, 0.25) is 6.29 Å². The molecule has 0 saturated heterocycles. The van der Waals surface area contributed by atoms with E-state index in [4.69, 9.17) is 9.84 Å². The van der Waals surface area contributed by atoms with Gasteiger partial charge in [0, 0.05) is 13.5 Å². The maximum absolute atomic E-state index is 10.2. The van der Waals surface area contributed by atoms with Crippen LogP contribution < -0.4 is 0 Å². The maximum Gasteiger partial charge on any atom is 0.508 e. The largest absolute Gasteiger partial charge is 0.508 e. The highest BCUT2D eigenvalue weighted by atomic mass is 16.7. The van der Waals surface area contributed by atoms with E-state index in [1.54, 1.807) is 0 Å². The third-order valence-corrected chi connectivity index (χ3v) is 1.79. The molecule has 4 heteroatoms. The van der Waals surface area contributed by atoms with Gasteiger partial charge in [-0.05, 0) is 6.42 Å². The van der Waals surface area contributed by atoms with E-state index < -0.39 is 12.4 Å². The van der Waals surface area contributed by atoms with Crippen molar-refractivity contribution < 1.29 is 19.4 Å². The summed E-state index contributed by atoms with van der Waals surface area (Å²) < 4.78 is 9.31. The summed E-state index contributed by atoms with van der Waals surface area (Å²) in [6, 6.07) is 0. The Morgan fingerprint density at radius 1 is 1.38 bits per heavy atom. The molecule has 0 amide bonds. The molecular weight excluding hydrogens is 172 g/mol. The SMILES string of the molecule is CCCCCCC(OC)OC(=O)O. The molecule has 0 aromatic heterocycles. The number of hydrogen-bond donors (Lipinski definition) is 1. The lowest BCUT2D eigenvalue weighted by Gasteiger charge is -2.13. The molecule has 0 aliphatic heterocycles. The van der Waals surface area contributed by atoms with Crippen LogP contribution in [0.4, 0.5) is 4.79 Å². The van der Waals surface area contributed by atoms with E-state index >= 15 is 0 Å². The van der Waals surface area contributed by atoms with Gasteiger partial charge in [0.25, 0.3) is 0 Å². The average Bonchev–Trinajstić information content (AvgIpc) is 2.09. The van der Waals surface area contributed by atoms with Crippen molar-refractivity contribution >= 4 is 6.16 Å². The number of unbranched alkanes of at least 4 members (excludes halogenated alkanes) is 3. The third-order valence-electron chi connectivity index (χ3n) is 1.79. The van der Waals surface area contributed by atoms with Gasteiger partial charge in [0.1, 0.15) is 0 Å². The van der Waals surface area contributed by atoms with Crippen LogP contribution in [-0.4, -0.2) is 24.7 Å². The highest BCUT2D eigenvalue weighted by Gasteiger charge is 2.10. The molecule has 1 N–H and O–H groups in total. The number of carbonyl (C=O) groups is 1. The maximum atomic E-state index is 10.2. The first kappa shape index (κ1) is 12.2. The first-order valence-electron chi connectivity index (χ1n) is 4.63. The Bertz CT molecular complexity index is 136. The molecular formula is C9H18O4. The lowest BCUT2D eigenvalue weighted by molar-refractivity contribution is -0.101. The van der Waals surface area contributed by atoms with Crippen molar-refractivity contribution in [1.29, 1.82) is 0 Å². The lowest BCUT2D eigenvalue weighted by Crippen LogP contribution is -2.18. The van der Waals surface area contributed by atoms with Crippen LogP contribution in [0, 0.1) is 0 Å². The minimum atomic E-state index is -1.28. The number of methoxy groups -OCH3 is 1. The molecule has 78 valence electrons.